The molecule has 0 radical (unpaired) electrons. The molecule has 2 fully saturated rings. The summed E-state index contributed by atoms with van der Waals surface area (Å²) in [5.74, 6) is 0.803. The summed E-state index contributed by atoms with van der Waals surface area (Å²) in [5.41, 5.74) is 10.7. The average molecular weight is 288 g/mol. The van der Waals surface area contributed by atoms with E-state index in [4.69, 9.17) is 5.73 Å². The van der Waals surface area contributed by atoms with Crippen LogP contribution in [0.2, 0.25) is 0 Å². The SMILES string of the molecule is Cc1cc(N2CCC3C(CCCN3C)C2)c(CN)c(C)n1. The molecule has 4 nitrogen and oxygen atoms in total. The van der Waals surface area contributed by atoms with Crippen LogP contribution in [0, 0.1) is 19.8 Å². The van der Waals surface area contributed by atoms with E-state index in [1.807, 2.05) is 0 Å². The summed E-state index contributed by atoms with van der Waals surface area (Å²) in [7, 11) is 2.29. The minimum Gasteiger partial charge on any atom is -0.371 e. The first-order valence-corrected chi connectivity index (χ1v) is 8.22. The van der Waals surface area contributed by atoms with Gasteiger partial charge in [-0.2, -0.15) is 0 Å². The van der Waals surface area contributed by atoms with E-state index in [1.54, 1.807) is 0 Å². The maximum atomic E-state index is 5.99. The molecule has 1 aromatic heterocycles. The van der Waals surface area contributed by atoms with Gasteiger partial charge >= 0.3 is 0 Å². The van der Waals surface area contributed by atoms with Crippen molar-refractivity contribution in [3.63, 3.8) is 0 Å². The Morgan fingerprint density at radius 3 is 2.86 bits per heavy atom. The molecule has 1 aromatic rings. The van der Waals surface area contributed by atoms with Crippen molar-refractivity contribution in [2.45, 2.75) is 45.7 Å². The van der Waals surface area contributed by atoms with Crippen LogP contribution in [0.4, 0.5) is 5.69 Å². The van der Waals surface area contributed by atoms with Crippen molar-refractivity contribution in [1.82, 2.24) is 9.88 Å². The van der Waals surface area contributed by atoms with E-state index in [0.29, 0.717) is 6.54 Å². The molecule has 0 spiro atoms. The van der Waals surface area contributed by atoms with Crippen molar-refractivity contribution < 1.29 is 0 Å². The van der Waals surface area contributed by atoms with Gasteiger partial charge in [0.2, 0.25) is 0 Å². The smallest absolute Gasteiger partial charge is 0.0448 e. The van der Waals surface area contributed by atoms with Gasteiger partial charge in [0.25, 0.3) is 0 Å². The normalized spacial score (nSPS) is 26.8. The van der Waals surface area contributed by atoms with Crippen LogP contribution >= 0.6 is 0 Å². The number of fused-ring (bicyclic) bond motifs is 1. The molecular formula is C17H28N4. The molecule has 116 valence electrons. The number of piperidine rings is 2. The minimum absolute atomic E-state index is 0.582. The van der Waals surface area contributed by atoms with Gasteiger partial charge in [0, 0.05) is 48.3 Å². The monoisotopic (exact) mass is 288 g/mol. The van der Waals surface area contributed by atoms with Crippen molar-refractivity contribution in [1.29, 1.82) is 0 Å². The van der Waals surface area contributed by atoms with Gasteiger partial charge in [-0.1, -0.05) is 0 Å². The van der Waals surface area contributed by atoms with Crippen LogP contribution in [0.5, 0.6) is 0 Å². The molecule has 2 unspecified atom stereocenters. The zero-order valence-corrected chi connectivity index (χ0v) is 13.6. The highest BCUT2D eigenvalue weighted by molar-refractivity contribution is 5.56. The molecule has 0 amide bonds. The zero-order valence-electron chi connectivity index (χ0n) is 13.6. The maximum Gasteiger partial charge on any atom is 0.0448 e. The highest BCUT2D eigenvalue weighted by Crippen LogP contribution is 2.33. The van der Waals surface area contributed by atoms with Gasteiger partial charge in [0.1, 0.15) is 0 Å². The van der Waals surface area contributed by atoms with Crippen LogP contribution in [0.1, 0.15) is 36.2 Å². The summed E-state index contributed by atoms with van der Waals surface area (Å²) in [5, 5.41) is 0. The van der Waals surface area contributed by atoms with Crippen molar-refractivity contribution >= 4 is 5.69 Å². The predicted molar refractivity (Wildman–Crippen MR) is 87.6 cm³/mol. The van der Waals surface area contributed by atoms with E-state index in [0.717, 1.165) is 29.9 Å². The minimum atomic E-state index is 0.582. The second-order valence-electron chi connectivity index (χ2n) is 6.74. The van der Waals surface area contributed by atoms with Crippen LogP contribution in [-0.2, 0) is 6.54 Å². The lowest BCUT2D eigenvalue weighted by Gasteiger charge is -2.47. The highest BCUT2D eigenvalue weighted by Gasteiger charge is 2.34. The van der Waals surface area contributed by atoms with Crippen molar-refractivity contribution in [3.05, 3.63) is 23.0 Å². The van der Waals surface area contributed by atoms with E-state index in [1.165, 1.54) is 43.6 Å². The lowest BCUT2D eigenvalue weighted by Crippen LogP contribution is -2.53. The fraction of sp³-hybridized carbons (Fsp3) is 0.706. The largest absolute Gasteiger partial charge is 0.371 e. The summed E-state index contributed by atoms with van der Waals surface area (Å²) in [6.45, 7) is 8.33. The van der Waals surface area contributed by atoms with Crippen LogP contribution in [0.15, 0.2) is 6.07 Å². The van der Waals surface area contributed by atoms with Gasteiger partial charge < -0.3 is 15.5 Å². The standard InChI is InChI=1S/C17H28N4/c1-12-9-17(15(10-18)13(2)19-12)21-8-6-16-14(11-21)5-4-7-20(16)3/h9,14,16H,4-8,10-11,18H2,1-3H3. The summed E-state index contributed by atoms with van der Waals surface area (Å²) >= 11 is 0. The summed E-state index contributed by atoms with van der Waals surface area (Å²) < 4.78 is 0. The Morgan fingerprint density at radius 2 is 2.10 bits per heavy atom. The molecule has 0 saturated carbocycles. The Hall–Kier alpha value is -1.13. The Kier molecular flexibility index (Phi) is 4.18. The Labute approximate surface area is 128 Å². The molecule has 3 heterocycles. The molecule has 3 rings (SSSR count). The van der Waals surface area contributed by atoms with E-state index in [9.17, 15) is 0 Å². The van der Waals surface area contributed by atoms with Gasteiger partial charge in [-0.25, -0.2) is 0 Å². The summed E-state index contributed by atoms with van der Waals surface area (Å²) in [6, 6.07) is 3.00. The Bertz CT molecular complexity index is 514. The number of nitrogens with zero attached hydrogens (tertiary/aromatic N) is 3. The molecule has 2 atom stereocenters. The number of aromatic nitrogens is 1. The number of hydrogen-bond donors (Lipinski definition) is 1. The molecule has 2 N–H and O–H groups in total. The molecular weight excluding hydrogens is 260 g/mol. The number of nitrogens with two attached hydrogens (primary N) is 1. The Balaban J connectivity index is 1.85. The number of likely N-dealkylation sites (tertiary alicyclic amines) is 1. The molecule has 0 aliphatic carbocycles. The third-order valence-corrected chi connectivity index (χ3v) is 5.33. The molecule has 4 heteroatoms. The number of pyridine rings is 1. The third kappa shape index (κ3) is 2.79. The van der Waals surface area contributed by atoms with E-state index >= 15 is 0 Å². The molecule has 2 saturated heterocycles. The van der Waals surface area contributed by atoms with Crippen molar-refractivity contribution in [3.8, 4) is 0 Å². The lowest BCUT2D eigenvalue weighted by atomic mass is 9.84. The quantitative estimate of drug-likeness (QED) is 0.905. The van der Waals surface area contributed by atoms with E-state index in [-0.39, 0.29) is 0 Å². The van der Waals surface area contributed by atoms with Gasteiger partial charge in [-0.05, 0) is 58.7 Å². The number of aryl methyl sites for hydroxylation is 2. The lowest BCUT2D eigenvalue weighted by molar-refractivity contribution is 0.102. The van der Waals surface area contributed by atoms with Crippen molar-refractivity contribution in [2.24, 2.45) is 11.7 Å². The zero-order chi connectivity index (χ0) is 15.0. The molecule has 21 heavy (non-hydrogen) atoms. The highest BCUT2D eigenvalue weighted by atomic mass is 15.2. The first-order chi connectivity index (χ1) is 10.1. The topological polar surface area (TPSA) is 45.4 Å². The first kappa shape index (κ1) is 14.8. The molecule has 2 aliphatic rings. The molecule has 0 bridgehead atoms. The van der Waals surface area contributed by atoms with Crippen LogP contribution < -0.4 is 10.6 Å². The fourth-order valence-corrected chi connectivity index (χ4v) is 4.24. The number of hydrogen-bond acceptors (Lipinski definition) is 4. The average Bonchev–Trinajstić information content (AvgIpc) is 2.46. The van der Waals surface area contributed by atoms with Crippen LogP contribution in [0.3, 0.4) is 0 Å². The third-order valence-electron chi connectivity index (χ3n) is 5.33. The van der Waals surface area contributed by atoms with Crippen LogP contribution in [0.25, 0.3) is 0 Å². The van der Waals surface area contributed by atoms with E-state index in [2.05, 4.69) is 41.7 Å². The van der Waals surface area contributed by atoms with Gasteiger partial charge in [-0.15, -0.1) is 0 Å². The second-order valence-corrected chi connectivity index (χ2v) is 6.74. The van der Waals surface area contributed by atoms with Crippen molar-refractivity contribution in [2.75, 3.05) is 31.6 Å². The fourth-order valence-electron chi connectivity index (χ4n) is 4.24. The molecule has 2 aliphatic heterocycles. The maximum absolute atomic E-state index is 5.99. The first-order valence-electron chi connectivity index (χ1n) is 8.22. The molecule has 0 aromatic carbocycles. The Morgan fingerprint density at radius 1 is 1.29 bits per heavy atom. The van der Waals surface area contributed by atoms with Crippen LogP contribution in [-0.4, -0.2) is 42.6 Å². The van der Waals surface area contributed by atoms with Gasteiger partial charge in [-0.3, -0.25) is 4.98 Å². The summed E-state index contributed by atoms with van der Waals surface area (Å²) in [6.07, 6.45) is 3.97. The second kappa shape index (κ2) is 5.93. The van der Waals surface area contributed by atoms with E-state index < -0.39 is 0 Å². The number of rotatable bonds is 2. The summed E-state index contributed by atoms with van der Waals surface area (Å²) in [4.78, 5) is 9.71. The number of anilines is 1. The van der Waals surface area contributed by atoms with Gasteiger partial charge in [0.05, 0.1) is 0 Å². The van der Waals surface area contributed by atoms with Gasteiger partial charge in [0.15, 0.2) is 0 Å². The predicted octanol–water partition coefficient (Wildman–Crippen LogP) is 2.08.